The summed E-state index contributed by atoms with van der Waals surface area (Å²) in [7, 11) is 0. The van der Waals surface area contributed by atoms with Crippen LogP contribution in [0.5, 0.6) is 11.5 Å². The van der Waals surface area contributed by atoms with E-state index in [1.54, 1.807) is 0 Å². The fourth-order valence-electron chi connectivity index (χ4n) is 5.49. The molecule has 0 aromatic heterocycles. The molecule has 2 aromatic rings. The Morgan fingerprint density at radius 3 is 1.09 bits per heavy atom. The summed E-state index contributed by atoms with van der Waals surface area (Å²) in [4.78, 5) is 24.5. The van der Waals surface area contributed by atoms with E-state index in [2.05, 4.69) is 27.7 Å². The zero-order valence-electron chi connectivity index (χ0n) is 26.8. The van der Waals surface area contributed by atoms with Gasteiger partial charge in [-0.05, 0) is 97.6 Å². The topological polar surface area (TPSA) is 115 Å². The number of unbranched alkanes of at least 4 members (excludes halogenated alkanes) is 4. The standard InChI is InChI=1S/C36H54O6S/c1-5-9-13-27-17-25(18-28(33(27)37)14-10-6-2)21-31(35(39)40)23-43-24-32(36(41)42)22-26-19-29(15-11-7-3)34(38)30(20-26)16-12-8-4/h17-20,31-32,37-38H,5-16,21-24H2,1-4H3,(H,39,40)(H,41,42). The lowest BCUT2D eigenvalue weighted by molar-refractivity contribution is -0.141. The normalized spacial score (nSPS) is 12.7. The summed E-state index contributed by atoms with van der Waals surface area (Å²) in [6, 6.07) is 7.83. The third-order valence-corrected chi connectivity index (χ3v) is 9.43. The fourth-order valence-corrected chi connectivity index (χ4v) is 6.71. The highest BCUT2D eigenvalue weighted by molar-refractivity contribution is 7.99. The van der Waals surface area contributed by atoms with E-state index in [1.807, 2.05) is 24.3 Å². The van der Waals surface area contributed by atoms with Crippen LogP contribution >= 0.6 is 11.8 Å². The van der Waals surface area contributed by atoms with Crippen molar-refractivity contribution in [1.82, 2.24) is 0 Å². The van der Waals surface area contributed by atoms with Gasteiger partial charge >= 0.3 is 11.9 Å². The Morgan fingerprint density at radius 1 is 0.581 bits per heavy atom. The highest BCUT2D eigenvalue weighted by Crippen LogP contribution is 2.31. The van der Waals surface area contributed by atoms with E-state index >= 15 is 0 Å². The molecule has 6 nitrogen and oxygen atoms in total. The van der Waals surface area contributed by atoms with E-state index < -0.39 is 23.8 Å². The molecule has 0 amide bonds. The Bertz CT molecular complexity index is 1010. The maximum atomic E-state index is 12.3. The van der Waals surface area contributed by atoms with Crippen molar-refractivity contribution in [2.75, 3.05) is 11.5 Å². The molecule has 2 unspecified atom stereocenters. The van der Waals surface area contributed by atoms with Crippen molar-refractivity contribution in [3.05, 3.63) is 57.6 Å². The lowest BCUT2D eigenvalue weighted by atomic mass is 9.93. The van der Waals surface area contributed by atoms with Crippen molar-refractivity contribution in [3.8, 4) is 11.5 Å². The van der Waals surface area contributed by atoms with Gasteiger partial charge in [0.05, 0.1) is 11.8 Å². The van der Waals surface area contributed by atoms with Crippen LogP contribution in [0, 0.1) is 11.8 Å². The molecule has 0 heterocycles. The second-order valence-corrected chi connectivity index (χ2v) is 13.0. The number of carboxylic acid groups (broad SMARTS) is 2. The first kappa shape index (κ1) is 36.5. The molecular formula is C36H54O6S. The van der Waals surface area contributed by atoms with Crippen LogP contribution in [0.15, 0.2) is 24.3 Å². The molecule has 0 fully saturated rings. The van der Waals surface area contributed by atoms with Crippen molar-refractivity contribution in [2.24, 2.45) is 11.8 Å². The molecule has 0 aliphatic heterocycles. The van der Waals surface area contributed by atoms with Crippen LogP contribution < -0.4 is 0 Å². The Morgan fingerprint density at radius 2 is 0.860 bits per heavy atom. The molecule has 0 saturated heterocycles. The summed E-state index contributed by atoms with van der Waals surface area (Å²) < 4.78 is 0. The molecule has 240 valence electrons. The van der Waals surface area contributed by atoms with Crippen molar-refractivity contribution < 1.29 is 30.0 Å². The lowest BCUT2D eigenvalue weighted by Crippen LogP contribution is -2.23. The molecule has 2 atom stereocenters. The zero-order valence-corrected chi connectivity index (χ0v) is 27.6. The minimum atomic E-state index is -0.891. The molecule has 0 spiro atoms. The molecule has 2 aromatic carbocycles. The highest BCUT2D eigenvalue weighted by Gasteiger charge is 2.24. The first-order chi connectivity index (χ1) is 20.6. The Labute approximate surface area is 263 Å². The number of benzene rings is 2. The number of aromatic hydroxyl groups is 2. The van der Waals surface area contributed by atoms with Crippen LogP contribution in [0.4, 0.5) is 0 Å². The van der Waals surface area contributed by atoms with Gasteiger partial charge in [-0.15, -0.1) is 0 Å². The number of aryl methyl sites for hydroxylation is 4. The van der Waals surface area contributed by atoms with E-state index in [0.717, 1.165) is 110 Å². The predicted octanol–water partition coefficient (Wildman–Crippen LogP) is 8.39. The second kappa shape index (κ2) is 19.6. The monoisotopic (exact) mass is 614 g/mol. The quantitative estimate of drug-likeness (QED) is 0.105. The van der Waals surface area contributed by atoms with Gasteiger partial charge in [0.15, 0.2) is 0 Å². The van der Waals surface area contributed by atoms with Crippen LogP contribution in [0.25, 0.3) is 0 Å². The van der Waals surface area contributed by atoms with Gasteiger partial charge in [-0.2, -0.15) is 11.8 Å². The zero-order chi connectivity index (χ0) is 31.8. The van der Waals surface area contributed by atoms with Gasteiger partial charge in [-0.1, -0.05) is 77.6 Å². The largest absolute Gasteiger partial charge is 0.507 e. The number of phenolic OH excluding ortho intramolecular Hbond substituents is 2. The molecule has 0 aliphatic carbocycles. The minimum absolute atomic E-state index is 0.313. The molecule has 43 heavy (non-hydrogen) atoms. The Balaban J connectivity index is 2.17. The van der Waals surface area contributed by atoms with Gasteiger partial charge in [-0.25, -0.2) is 0 Å². The summed E-state index contributed by atoms with van der Waals surface area (Å²) in [5, 5.41) is 41.8. The number of phenols is 2. The number of carbonyl (C=O) groups is 2. The SMILES string of the molecule is CCCCc1cc(CC(CSCC(Cc2cc(CCCC)c(O)c(CCCC)c2)C(=O)O)C(=O)O)cc(CCCC)c1O. The lowest BCUT2D eigenvalue weighted by Gasteiger charge is -2.18. The Hall–Kier alpha value is -2.67. The first-order valence-corrected chi connectivity index (χ1v) is 17.5. The minimum Gasteiger partial charge on any atom is -0.507 e. The van der Waals surface area contributed by atoms with Gasteiger partial charge in [0.1, 0.15) is 11.5 Å². The smallest absolute Gasteiger partial charge is 0.307 e. The van der Waals surface area contributed by atoms with Crippen molar-refractivity contribution in [1.29, 1.82) is 0 Å². The highest BCUT2D eigenvalue weighted by atomic mass is 32.2. The van der Waals surface area contributed by atoms with Crippen LogP contribution in [-0.4, -0.2) is 43.9 Å². The summed E-state index contributed by atoms with van der Waals surface area (Å²) in [6.07, 6.45) is 11.6. The molecule has 0 aliphatic rings. The van der Waals surface area contributed by atoms with E-state index in [0.29, 0.717) is 35.8 Å². The second-order valence-electron chi connectivity index (χ2n) is 12.0. The van der Waals surface area contributed by atoms with Gasteiger partial charge < -0.3 is 20.4 Å². The first-order valence-electron chi connectivity index (χ1n) is 16.3. The van der Waals surface area contributed by atoms with Crippen LogP contribution in [0.2, 0.25) is 0 Å². The van der Waals surface area contributed by atoms with E-state index in [9.17, 15) is 30.0 Å². The number of hydrogen-bond donors (Lipinski definition) is 4. The Kier molecular flexibility index (Phi) is 16.6. The van der Waals surface area contributed by atoms with Gasteiger partial charge in [0.25, 0.3) is 0 Å². The van der Waals surface area contributed by atoms with Crippen molar-refractivity contribution in [3.63, 3.8) is 0 Å². The fraction of sp³-hybridized carbons (Fsp3) is 0.611. The molecular weight excluding hydrogens is 560 g/mol. The third kappa shape index (κ3) is 12.1. The number of rotatable bonds is 22. The molecule has 0 bridgehead atoms. The number of thioether (sulfide) groups is 1. The van der Waals surface area contributed by atoms with Gasteiger partial charge in [0, 0.05) is 11.5 Å². The predicted molar refractivity (Wildman–Crippen MR) is 178 cm³/mol. The molecule has 0 saturated carbocycles. The van der Waals surface area contributed by atoms with Gasteiger partial charge in [0.2, 0.25) is 0 Å². The average molecular weight is 615 g/mol. The van der Waals surface area contributed by atoms with Crippen LogP contribution in [-0.2, 0) is 48.1 Å². The summed E-state index contributed by atoms with van der Waals surface area (Å²) in [6.45, 7) is 8.44. The van der Waals surface area contributed by atoms with E-state index in [1.165, 1.54) is 11.8 Å². The van der Waals surface area contributed by atoms with Crippen LogP contribution in [0.1, 0.15) is 112 Å². The maximum absolute atomic E-state index is 12.3. The average Bonchev–Trinajstić information content (AvgIpc) is 2.98. The number of hydrogen-bond acceptors (Lipinski definition) is 5. The van der Waals surface area contributed by atoms with Crippen LogP contribution in [0.3, 0.4) is 0 Å². The summed E-state index contributed by atoms with van der Waals surface area (Å²) in [5.41, 5.74) is 5.39. The van der Waals surface area contributed by atoms with E-state index in [4.69, 9.17) is 0 Å². The maximum Gasteiger partial charge on any atom is 0.307 e. The number of aliphatic carboxylic acids is 2. The van der Waals surface area contributed by atoms with Gasteiger partial charge in [-0.3, -0.25) is 9.59 Å². The third-order valence-electron chi connectivity index (χ3n) is 8.15. The van der Waals surface area contributed by atoms with Crippen molar-refractivity contribution >= 4 is 23.7 Å². The number of carboxylic acids is 2. The molecule has 4 N–H and O–H groups in total. The summed E-state index contributed by atoms with van der Waals surface area (Å²) in [5.74, 6) is -1.77. The molecule has 2 rings (SSSR count). The van der Waals surface area contributed by atoms with E-state index in [-0.39, 0.29) is 0 Å². The molecule has 0 radical (unpaired) electrons. The summed E-state index contributed by atoms with van der Waals surface area (Å²) >= 11 is 1.38. The molecule has 7 heteroatoms. The van der Waals surface area contributed by atoms with Crippen molar-refractivity contribution in [2.45, 2.75) is 118 Å².